The van der Waals surface area contributed by atoms with E-state index in [1.54, 1.807) is 6.20 Å². The number of nitrogens with zero attached hydrogens (tertiary/aromatic N) is 1. The van der Waals surface area contributed by atoms with Crippen LogP contribution < -0.4 is 5.32 Å². The average Bonchev–Trinajstić information content (AvgIpc) is 2.47. The summed E-state index contributed by atoms with van der Waals surface area (Å²) in [6.07, 6.45) is 1.73. The summed E-state index contributed by atoms with van der Waals surface area (Å²) < 4.78 is 5.03. The fourth-order valence-corrected chi connectivity index (χ4v) is 1.38. The maximum atomic E-state index is 5.03. The maximum Gasteiger partial charge on any atom is 0.166 e. The second-order valence-corrected chi connectivity index (χ2v) is 4.45. The molecular formula is C11H14N2O. The van der Waals surface area contributed by atoms with Crippen LogP contribution in [0.25, 0.3) is 11.0 Å². The molecule has 0 radical (unpaired) electrons. The molecule has 0 saturated heterocycles. The van der Waals surface area contributed by atoms with E-state index >= 15 is 0 Å². The largest absolute Gasteiger partial charge is 0.380 e. The Hall–Kier alpha value is -1.51. The van der Waals surface area contributed by atoms with Gasteiger partial charge in [-0.15, -0.1) is 0 Å². The molecular weight excluding hydrogens is 176 g/mol. The van der Waals surface area contributed by atoms with Crippen LogP contribution in [0.1, 0.15) is 20.8 Å². The molecule has 0 amide bonds. The molecule has 3 heteroatoms. The summed E-state index contributed by atoms with van der Waals surface area (Å²) in [5, 5.41) is 8.16. The number of rotatable bonds is 1. The minimum Gasteiger partial charge on any atom is -0.380 e. The van der Waals surface area contributed by atoms with E-state index in [0.29, 0.717) is 0 Å². The lowest BCUT2D eigenvalue weighted by Crippen LogP contribution is -2.25. The lowest BCUT2D eigenvalue weighted by Gasteiger charge is -2.21. The van der Waals surface area contributed by atoms with E-state index in [9.17, 15) is 0 Å². The highest BCUT2D eigenvalue weighted by Gasteiger charge is 2.09. The molecule has 2 rings (SSSR count). The van der Waals surface area contributed by atoms with Gasteiger partial charge in [-0.1, -0.05) is 5.16 Å². The molecule has 14 heavy (non-hydrogen) atoms. The number of fused-ring (bicyclic) bond motifs is 1. The third kappa shape index (κ3) is 1.87. The van der Waals surface area contributed by atoms with E-state index in [1.807, 2.05) is 18.2 Å². The van der Waals surface area contributed by atoms with E-state index in [2.05, 4.69) is 31.2 Å². The summed E-state index contributed by atoms with van der Waals surface area (Å²) in [4.78, 5) is 0. The lowest BCUT2D eigenvalue weighted by atomic mass is 10.1. The Morgan fingerprint density at radius 2 is 2.07 bits per heavy atom. The molecule has 0 saturated carbocycles. The summed E-state index contributed by atoms with van der Waals surface area (Å²) in [6, 6.07) is 5.96. The number of hydrogen-bond acceptors (Lipinski definition) is 3. The van der Waals surface area contributed by atoms with Crippen molar-refractivity contribution in [3.63, 3.8) is 0 Å². The first-order chi connectivity index (χ1) is 6.54. The normalized spacial score (nSPS) is 11.9. The Bertz CT molecular complexity index is 440. The number of anilines is 1. The van der Waals surface area contributed by atoms with Crippen molar-refractivity contribution >= 4 is 16.7 Å². The van der Waals surface area contributed by atoms with E-state index in [4.69, 9.17) is 4.52 Å². The molecule has 3 nitrogen and oxygen atoms in total. The smallest absolute Gasteiger partial charge is 0.166 e. The molecule has 2 aromatic rings. The molecule has 0 aliphatic carbocycles. The Morgan fingerprint density at radius 3 is 2.79 bits per heavy atom. The molecule has 0 atom stereocenters. The highest BCUT2D eigenvalue weighted by atomic mass is 16.5. The number of hydrogen-bond donors (Lipinski definition) is 1. The molecule has 0 bridgehead atoms. The van der Waals surface area contributed by atoms with E-state index in [1.165, 1.54) is 0 Å². The van der Waals surface area contributed by atoms with Gasteiger partial charge in [-0.05, 0) is 39.0 Å². The van der Waals surface area contributed by atoms with Crippen molar-refractivity contribution in [1.82, 2.24) is 5.16 Å². The average molecular weight is 190 g/mol. The van der Waals surface area contributed by atoms with Gasteiger partial charge in [0, 0.05) is 16.6 Å². The van der Waals surface area contributed by atoms with Crippen LogP contribution in [0.5, 0.6) is 0 Å². The van der Waals surface area contributed by atoms with Crippen molar-refractivity contribution in [2.45, 2.75) is 26.3 Å². The standard InChI is InChI=1S/C11H14N2O/c1-11(2,3)13-9-4-5-10-8(6-9)7-12-14-10/h4-7,13H,1-3H3. The fourth-order valence-electron chi connectivity index (χ4n) is 1.38. The van der Waals surface area contributed by atoms with Crippen molar-refractivity contribution in [3.05, 3.63) is 24.4 Å². The first-order valence-electron chi connectivity index (χ1n) is 4.67. The monoisotopic (exact) mass is 190 g/mol. The van der Waals surface area contributed by atoms with Crippen LogP contribution in [-0.4, -0.2) is 10.7 Å². The second kappa shape index (κ2) is 3.01. The van der Waals surface area contributed by atoms with Gasteiger partial charge in [0.25, 0.3) is 0 Å². The van der Waals surface area contributed by atoms with Crippen LogP contribution in [0.4, 0.5) is 5.69 Å². The Kier molecular flexibility index (Phi) is 1.95. The number of nitrogens with one attached hydrogen (secondary N) is 1. The van der Waals surface area contributed by atoms with Crippen molar-refractivity contribution in [2.24, 2.45) is 0 Å². The molecule has 0 fully saturated rings. The molecule has 0 unspecified atom stereocenters. The van der Waals surface area contributed by atoms with Gasteiger partial charge >= 0.3 is 0 Å². The SMILES string of the molecule is CC(C)(C)Nc1ccc2oncc2c1. The van der Waals surface area contributed by atoms with Crippen molar-refractivity contribution in [1.29, 1.82) is 0 Å². The molecule has 0 aliphatic rings. The molecule has 1 heterocycles. The van der Waals surface area contributed by atoms with Crippen LogP contribution in [0, 0.1) is 0 Å². The first kappa shape index (κ1) is 9.06. The zero-order valence-corrected chi connectivity index (χ0v) is 8.66. The molecule has 1 aromatic heterocycles. The van der Waals surface area contributed by atoms with Crippen LogP contribution >= 0.6 is 0 Å². The fraction of sp³-hybridized carbons (Fsp3) is 0.364. The molecule has 1 N–H and O–H groups in total. The Labute approximate surface area is 83.1 Å². The third-order valence-corrected chi connectivity index (χ3v) is 1.87. The molecule has 1 aromatic carbocycles. The van der Waals surface area contributed by atoms with Gasteiger partial charge < -0.3 is 9.84 Å². The van der Waals surface area contributed by atoms with Crippen LogP contribution in [0.2, 0.25) is 0 Å². The summed E-state index contributed by atoms with van der Waals surface area (Å²) in [5.74, 6) is 0. The van der Waals surface area contributed by atoms with Crippen molar-refractivity contribution < 1.29 is 4.52 Å². The van der Waals surface area contributed by atoms with Gasteiger partial charge in [-0.25, -0.2) is 0 Å². The Balaban J connectivity index is 2.35. The summed E-state index contributed by atoms with van der Waals surface area (Å²) >= 11 is 0. The van der Waals surface area contributed by atoms with Crippen LogP contribution in [0.3, 0.4) is 0 Å². The van der Waals surface area contributed by atoms with Gasteiger partial charge in [0.15, 0.2) is 5.58 Å². The summed E-state index contributed by atoms with van der Waals surface area (Å²) in [7, 11) is 0. The van der Waals surface area contributed by atoms with Gasteiger partial charge in [-0.2, -0.15) is 0 Å². The van der Waals surface area contributed by atoms with Crippen LogP contribution in [-0.2, 0) is 0 Å². The van der Waals surface area contributed by atoms with Gasteiger partial charge in [0.2, 0.25) is 0 Å². The predicted octanol–water partition coefficient (Wildman–Crippen LogP) is 3.04. The highest BCUT2D eigenvalue weighted by Crippen LogP contribution is 2.21. The minimum absolute atomic E-state index is 0.0742. The molecule has 0 spiro atoms. The van der Waals surface area contributed by atoms with Gasteiger partial charge in [0.05, 0.1) is 6.20 Å². The zero-order chi connectivity index (χ0) is 10.2. The van der Waals surface area contributed by atoms with Crippen molar-refractivity contribution in [3.8, 4) is 0 Å². The minimum atomic E-state index is 0.0742. The van der Waals surface area contributed by atoms with Gasteiger partial charge in [-0.3, -0.25) is 0 Å². The number of benzene rings is 1. The second-order valence-electron chi connectivity index (χ2n) is 4.45. The summed E-state index contributed by atoms with van der Waals surface area (Å²) in [5.41, 5.74) is 1.99. The van der Waals surface area contributed by atoms with Gasteiger partial charge in [0.1, 0.15) is 0 Å². The topological polar surface area (TPSA) is 38.1 Å². The highest BCUT2D eigenvalue weighted by molar-refractivity contribution is 5.80. The Morgan fingerprint density at radius 1 is 1.29 bits per heavy atom. The van der Waals surface area contributed by atoms with Crippen LogP contribution in [0.15, 0.2) is 28.9 Å². The third-order valence-electron chi connectivity index (χ3n) is 1.87. The predicted molar refractivity (Wildman–Crippen MR) is 57.4 cm³/mol. The lowest BCUT2D eigenvalue weighted by molar-refractivity contribution is 0.456. The zero-order valence-electron chi connectivity index (χ0n) is 8.66. The summed E-state index contributed by atoms with van der Waals surface area (Å²) in [6.45, 7) is 6.39. The molecule has 74 valence electrons. The van der Waals surface area contributed by atoms with E-state index in [-0.39, 0.29) is 5.54 Å². The number of aromatic nitrogens is 1. The maximum absolute atomic E-state index is 5.03. The van der Waals surface area contributed by atoms with Crippen molar-refractivity contribution in [2.75, 3.05) is 5.32 Å². The first-order valence-corrected chi connectivity index (χ1v) is 4.67. The molecule has 0 aliphatic heterocycles. The quantitative estimate of drug-likeness (QED) is 0.751. The van der Waals surface area contributed by atoms with E-state index in [0.717, 1.165) is 16.7 Å². The van der Waals surface area contributed by atoms with E-state index < -0.39 is 0 Å².